The molecular formula is C11H21N3OS. The van der Waals surface area contributed by atoms with Crippen molar-refractivity contribution in [2.75, 3.05) is 18.6 Å². The van der Waals surface area contributed by atoms with Gasteiger partial charge in [0, 0.05) is 47.7 Å². The number of rotatable bonds is 6. The minimum Gasteiger partial charge on any atom is -0.310 e. The number of aromatic nitrogens is 2. The molecule has 0 spiro atoms. The van der Waals surface area contributed by atoms with Gasteiger partial charge in [0.05, 0.1) is 5.69 Å². The number of hydrogen-bond acceptors (Lipinski definition) is 3. The second kappa shape index (κ2) is 6.15. The Morgan fingerprint density at radius 3 is 2.81 bits per heavy atom. The first-order valence-corrected chi connectivity index (χ1v) is 7.27. The molecule has 0 fully saturated rings. The van der Waals surface area contributed by atoms with Crippen molar-refractivity contribution in [1.82, 2.24) is 15.1 Å². The summed E-state index contributed by atoms with van der Waals surface area (Å²) in [5.74, 6) is 0.770. The zero-order chi connectivity index (χ0) is 12.1. The van der Waals surface area contributed by atoms with Gasteiger partial charge in [0.15, 0.2) is 0 Å². The Kier molecular flexibility index (Phi) is 5.15. The van der Waals surface area contributed by atoms with Crippen LogP contribution in [0.2, 0.25) is 0 Å². The number of nitrogens with one attached hydrogen (secondary N) is 1. The fourth-order valence-electron chi connectivity index (χ4n) is 1.75. The lowest BCUT2D eigenvalue weighted by Crippen LogP contribution is -2.21. The summed E-state index contributed by atoms with van der Waals surface area (Å²) in [6, 6.07) is 0.305. The van der Waals surface area contributed by atoms with Crippen molar-refractivity contribution in [2.45, 2.75) is 26.3 Å². The standard InChI is InChI=1S/C11H21N3OS/c1-9(12-6-5-7-16(4)15)11-8-14(3)13-10(11)2/h8-9,12H,5-7H2,1-4H3. The molecule has 0 amide bonds. The van der Waals surface area contributed by atoms with Crippen LogP contribution in [0.4, 0.5) is 0 Å². The zero-order valence-electron chi connectivity index (χ0n) is 10.5. The first-order valence-electron chi connectivity index (χ1n) is 5.54. The molecule has 0 aromatic carbocycles. The predicted molar refractivity (Wildman–Crippen MR) is 67.9 cm³/mol. The summed E-state index contributed by atoms with van der Waals surface area (Å²) < 4.78 is 12.7. The molecule has 0 aliphatic carbocycles. The monoisotopic (exact) mass is 243 g/mol. The fourth-order valence-corrected chi connectivity index (χ4v) is 2.30. The van der Waals surface area contributed by atoms with Gasteiger partial charge in [0.25, 0.3) is 0 Å². The Labute approximate surface area is 99.9 Å². The van der Waals surface area contributed by atoms with Crippen LogP contribution in [0.1, 0.15) is 30.6 Å². The van der Waals surface area contributed by atoms with Crippen molar-refractivity contribution in [1.29, 1.82) is 0 Å². The van der Waals surface area contributed by atoms with E-state index in [9.17, 15) is 4.21 Å². The highest BCUT2D eigenvalue weighted by atomic mass is 32.2. The van der Waals surface area contributed by atoms with Crippen LogP contribution in [0.15, 0.2) is 6.20 Å². The summed E-state index contributed by atoms with van der Waals surface area (Å²) in [7, 11) is 1.25. The number of nitrogens with zero attached hydrogens (tertiary/aromatic N) is 2. The van der Waals surface area contributed by atoms with Gasteiger partial charge >= 0.3 is 0 Å². The van der Waals surface area contributed by atoms with Crippen molar-refractivity contribution < 1.29 is 4.21 Å². The first-order chi connectivity index (χ1) is 7.50. The highest BCUT2D eigenvalue weighted by Crippen LogP contribution is 2.15. The third-order valence-corrected chi connectivity index (χ3v) is 3.44. The van der Waals surface area contributed by atoms with Gasteiger partial charge in [-0.2, -0.15) is 5.10 Å². The fraction of sp³-hybridized carbons (Fsp3) is 0.727. The molecule has 2 unspecified atom stereocenters. The average Bonchev–Trinajstić information content (AvgIpc) is 2.52. The molecular weight excluding hydrogens is 222 g/mol. The Hall–Kier alpha value is -0.680. The summed E-state index contributed by atoms with van der Waals surface area (Å²) in [5.41, 5.74) is 2.31. The smallest absolute Gasteiger partial charge is 0.0641 e. The molecule has 0 saturated heterocycles. The van der Waals surface area contributed by atoms with Crippen molar-refractivity contribution >= 4 is 10.8 Å². The maximum absolute atomic E-state index is 10.9. The lowest BCUT2D eigenvalue weighted by molar-refractivity contribution is 0.568. The van der Waals surface area contributed by atoms with Crippen LogP contribution in [-0.4, -0.2) is 32.5 Å². The van der Waals surface area contributed by atoms with E-state index in [0.29, 0.717) is 6.04 Å². The van der Waals surface area contributed by atoms with E-state index in [1.165, 1.54) is 5.56 Å². The molecule has 4 nitrogen and oxygen atoms in total. The largest absolute Gasteiger partial charge is 0.310 e. The van der Waals surface area contributed by atoms with Crippen LogP contribution in [-0.2, 0) is 17.8 Å². The second-order valence-electron chi connectivity index (χ2n) is 4.15. The van der Waals surface area contributed by atoms with E-state index in [1.807, 2.05) is 24.9 Å². The summed E-state index contributed by atoms with van der Waals surface area (Å²) in [4.78, 5) is 0. The van der Waals surface area contributed by atoms with Crippen molar-refractivity contribution in [2.24, 2.45) is 7.05 Å². The van der Waals surface area contributed by atoms with Crippen LogP contribution in [0.25, 0.3) is 0 Å². The first kappa shape index (κ1) is 13.4. The lowest BCUT2D eigenvalue weighted by Gasteiger charge is -2.12. The molecule has 0 saturated carbocycles. The van der Waals surface area contributed by atoms with Crippen molar-refractivity contribution in [3.05, 3.63) is 17.5 Å². The third kappa shape index (κ3) is 4.06. The molecule has 1 aromatic rings. The minimum atomic E-state index is -0.682. The second-order valence-corrected chi connectivity index (χ2v) is 5.70. The lowest BCUT2D eigenvalue weighted by atomic mass is 10.1. The topological polar surface area (TPSA) is 46.9 Å². The van der Waals surface area contributed by atoms with E-state index in [1.54, 1.807) is 6.26 Å². The Bertz CT molecular complexity index is 362. The molecule has 1 heterocycles. The molecule has 1 rings (SSSR count). The van der Waals surface area contributed by atoms with Crippen molar-refractivity contribution in [3.63, 3.8) is 0 Å². The minimum absolute atomic E-state index is 0.305. The Morgan fingerprint density at radius 2 is 2.31 bits per heavy atom. The molecule has 2 atom stereocenters. The summed E-state index contributed by atoms with van der Waals surface area (Å²) in [6.07, 6.45) is 4.74. The zero-order valence-corrected chi connectivity index (χ0v) is 11.3. The van der Waals surface area contributed by atoms with Gasteiger partial charge in [-0.3, -0.25) is 8.89 Å². The third-order valence-electron chi connectivity index (χ3n) is 2.58. The molecule has 0 aliphatic rings. The SMILES string of the molecule is Cc1nn(C)cc1C(C)NCCCS(C)=O. The summed E-state index contributed by atoms with van der Waals surface area (Å²) in [5, 5.41) is 7.74. The van der Waals surface area contributed by atoms with Crippen LogP contribution in [0.5, 0.6) is 0 Å². The summed E-state index contributed by atoms with van der Waals surface area (Å²) >= 11 is 0. The van der Waals surface area contributed by atoms with E-state index < -0.39 is 10.8 Å². The number of aryl methyl sites for hydroxylation is 2. The van der Waals surface area contributed by atoms with Gasteiger partial charge in [0.2, 0.25) is 0 Å². The van der Waals surface area contributed by atoms with E-state index in [2.05, 4.69) is 17.3 Å². The van der Waals surface area contributed by atoms with E-state index in [-0.39, 0.29) is 0 Å². The molecule has 0 aliphatic heterocycles. The molecule has 0 radical (unpaired) electrons. The molecule has 5 heteroatoms. The van der Waals surface area contributed by atoms with Crippen LogP contribution < -0.4 is 5.32 Å². The Balaban J connectivity index is 2.38. The normalized spacial score (nSPS) is 15.0. The molecule has 0 bridgehead atoms. The van der Waals surface area contributed by atoms with Crippen LogP contribution in [0, 0.1) is 6.92 Å². The van der Waals surface area contributed by atoms with Crippen LogP contribution >= 0.6 is 0 Å². The molecule has 16 heavy (non-hydrogen) atoms. The van der Waals surface area contributed by atoms with Gasteiger partial charge in [-0.05, 0) is 26.8 Å². The van der Waals surface area contributed by atoms with Crippen LogP contribution in [0.3, 0.4) is 0 Å². The Morgan fingerprint density at radius 1 is 1.62 bits per heavy atom. The highest BCUT2D eigenvalue weighted by molar-refractivity contribution is 7.84. The number of hydrogen-bond donors (Lipinski definition) is 1. The van der Waals surface area contributed by atoms with Gasteiger partial charge in [-0.25, -0.2) is 0 Å². The van der Waals surface area contributed by atoms with Gasteiger partial charge in [0.1, 0.15) is 0 Å². The van der Waals surface area contributed by atoms with Gasteiger partial charge in [-0.15, -0.1) is 0 Å². The van der Waals surface area contributed by atoms with E-state index in [4.69, 9.17) is 0 Å². The van der Waals surface area contributed by atoms with E-state index >= 15 is 0 Å². The van der Waals surface area contributed by atoms with Gasteiger partial charge in [-0.1, -0.05) is 0 Å². The molecule has 1 N–H and O–H groups in total. The quantitative estimate of drug-likeness (QED) is 0.762. The maximum Gasteiger partial charge on any atom is 0.0641 e. The maximum atomic E-state index is 10.9. The summed E-state index contributed by atoms with van der Waals surface area (Å²) in [6.45, 7) is 5.05. The molecule has 1 aromatic heterocycles. The average molecular weight is 243 g/mol. The highest BCUT2D eigenvalue weighted by Gasteiger charge is 2.10. The van der Waals surface area contributed by atoms with E-state index in [0.717, 1.165) is 24.4 Å². The molecule has 92 valence electrons. The van der Waals surface area contributed by atoms with Gasteiger partial charge < -0.3 is 5.32 Å². The predicted octanol–water partition coefficient (Wildman–Crippen LogP) is 1.15. The van der Waals surface area contributed by atoms with Crippen molar-refractivity contribution in [3.8, 4) is 0 Å².